The molecule has 0 bridgehead atoms. The predicted octanol–water partition coefficient (Wildman–Crippen LogP) is 2.90. The van der Waals surface area contributed by atoms with Gasteiger partial charge in [0.15, 0.2) is 0 Å². The molecule has 0 radical (unpaired) electrons. The molecule has 0 spiro atoms. The van der Waals surface area contributed by atoms with Crippen molar-refractivity contribution in [3.63, 3.8) is 0 Å². The summed E-state index contributed by atoms with van der Waals surface area (Å²) in [6, 6.07) is 0. The number of halogens is 1. The summed E-state index contributed by atoms with van der Waals surface area (Å²) in [4.78, 5) is 12.4. The summed E-state index contributed by atoms with van der Waals surface area (Å²) in [5.74, 6) is 0.398. The normalized spacial score (nSPS) is 15.4. The van der Waals surface area contributed by atoms with E-state index in [1.54, 1.807) is 0 Å². The van der Waals surface area contributed by atoms with E-state index in [2.05, 4.69) is 4.99 Å². The van der Waals surface area contributed by atoms with Gasteiger partial charge in [-0.1, -0.05) is 38.5 Å². The molecule has 1 rings (SSSR count). The molecule has 12 heavy (non-hydrogen) atoms. The Hall–Kier alpha value is -0.330. The molecule has 0 saturated heterocycles. The summed E-state index contributed by atoms with van der Waals surface area (Å²) in [6.45, 7) is 0.380. The van der Waals surface area contributed by atoms with E-state index >= 15 is 0 Å². The van der Waals surface area contributed by atoms with E-state index in [-0.39, 0.29) is 0 Å². The molecule has 0 aromatic rings. The van der Waals surface area contributed by atoms with E-state index in [9.17, 15) is 4.79 Å². The van der Waals surface area contributed by atoms with Crippen LogP contribution in [0.25, 0.3) is 0 Å². The molecule has 3 heteroatoms. The van der Waals surface area contributed by atoms with Crippen LogP contribution in [0.5, 0.6) is 0 Å². The standard InChI is InChI=1S/C6H12.C3H4ClNO/c1-2-4-6-5-3-1;4-1-2-5-3-6/h1-6H2;1-2H2. The molecule has 1 fully saturated rings. The Bertz CT molecular complexity index is 117. The summed E-state index contributed by atoms with van der Waals surface area (Å²) >= 11 is 5.11. The minimum atomic E-state index is 0.380. The Labute approximate surface area is 79.0 Å². The summed E-state index contributed by atoms with van der Waals surface area (Å²) in [6.07, 6.45) is 10.4. The molecule has 1 saturated carbocycles. The third-order valence-electron chi connectivity index (χ3n) is 1.76. The van der Waals surface area contributed by atoms with E-state index in [4.69, 9.17) is 11.6 Å². The first kappa shape index (κ1) is 11.7. The zero-order valence-corrected chi connectivity index (χ0v) is 8.15. The fourth-order valence-electron chi connectivity index (χ4n) is 1.15. The maximum atomic E-state index is 9.21. The number of carbonyl (C=O) groups excluding carboxylic acids is 1. The predicted molar refractivity (Wildman–Crippen MR) is 51.4 cm³/mol. The second-order valence-electron chi connectivity index (χ2n) is 2.78. The largest absolute Gasteiger partial charge is 0.234 e. The van der Waals surface area contributed by atoms with E-state index in [0.29, 0.717) is 12.4 Å². The first-order valence-electron chi connectivity index (χ1n) is 4.51. The van der Waals surface area contributed by atoms with Crippen molar-refractivity contribution in [2.75, 3.05) is 12.4 Å². The van der Waals surface area contributed by atoms with Crippen molar-refractivity contribution >= 4 is 17.7 Å². The average Bonchev–Trinajstić information content (AvgIpc) is 2.18. The van der Waals surface area contributed by atoms with Crippen molar-refractivity contribution in [3.05, 3.63) is 0 Å². The zero-order valence-electron chi connectivity index (χ0n) is 7.39. The van der Waals surface area contributed by atoms with Gasteiger partial charge in [0, 0.05) is 5.88 Å². The molecule has 0 N–H and O–H groups in total. The summed E-state index contributed by atoms with van der Waals surface area (Å²) in [7, 11) is 0. The van der Waals surface area contributed by atoms with Crippen molar-refractivity contribution in [2.45, 2.75) is 38.5 Å². The van der Waals surface area contributed by atoms with Crippen molar-refractivity contribution in [1.82, 2.24) is 0 Å². The van der Waals surface area contributed by atoms with Gasteiger partial charge in [0.2, 0.25) is 6.08 Å². The topological polar surface area (TPSA) is 29.4 Å². The van der Waals surface area contributed by atoms with Crippen LogP contribution in [-0.4, -0.2) is 18.5 Å². The quantitative estimate of drug-likeness (QED) is 0.373. The molecule has 70 valence electrons. The Morgan fingerprint density at radius 3 is 1.67 bits per heavy atom. The highest BCUT2D eigenvalue weighted by atomic mass is 35.5. The first-order chi connectivity index (χ1) is 5.91. The van der Waals surface area contributed by atoms with Gasteiger partial charge in [0.05, 0.1) is 6.54 Å². The van der Waals surface area contributed by atoms with Crippen molar-refractivity contribution in [2.24, 2.45) is 4.99 Å². The van der Waals surface area contributed by atoms with E-state index in [0.717, 1.165) is 0 Å². The van der Waals surface area contributed by atoms with E-state index in [1.165, 1.54) is 44.6 Å². The van der Waals surface area contributed by atoms with Gasteiger partial charge in [-0.15, -0.1) is 11.6 Å². The van der Waals surface area contributed by atoms with Crippen LogP contribution in [0.15, 0.2) is 4.99 Å². The third kappa shape index (κ3) is 9.67. The Morgan fingerprint density at radius 1 is 1.08 bits per heavy atom. The number of aliphatic imine (C=N–C) groups is 1. The summed E-state index contributed by atoms with van der Waals surface area (Å²) < 4.78 is 0. The third-order valence-corrected chi connectivity index (χ3v) is 1.93. The fourth-order valence-corrected chi connectivity index (χ4v) is 1.23. The monoisotopic (exact) mass is 189 g/mol. The van der Waals surface area contributed by atoms with Crippen LogP contribution in [0.2, 0.25) is 0 Å². The van der Waals surface area contributed by atoms with Gasteiger partial charge in [0.25, 0.3) is 0 Å². The van der Waals surface area contributed by atoms with Gasteiger partial charge in [-0.2, -0.15) is 0 Å². The van der Waals surface area contributed by atoms with Gasteiger partial charge in [-0.3, -0.25) is 0 Å². The highest BCUT2D eigenvalue weighted by molar-refractivity contribution is 6.18. The van der Waals surface area contributed by atoms with Crippen LogP contribution >= 0.6 is 11.6 Å². The molecule has 1 aliphatic rings. The smallest absolute Gasteiger partial charge is 0.211 e. The van der Waals surface area contributed by atoms with Crippen LogP contribution < -0.4 is 0 Å². The maximum Gasteiger partial charge on any atom is 0.234 e. The van der Waals surface area contributed by atoms with Crippen LogP contribution in [-0.2, 0) is 4.79 Å². The fraction of sp³-hybridized carbons (Fsp3) is 0.889. The first-order valence-corrected chi connectivity index (χ1v) is 5.05. The van der Waals surface area contributed by atoms with Crippen LogP contribution in [0.3, 0.4) is 0 Å². The highest BCUT2D eigenvalue weighted by Crippen LogP contribution is 2.15. The molecule has 0 amide bonds. The number of nitrogens with zero attached hydrogens (tertiary/aromatic N) is 1. The Morgan fingerprint density at radius 2 is 1.50 bits per heavy atom. The van der Waals surface area contributed by atoms with Gasteiger partial charge >= 0.3 is 0 Å². The second-order valence-corrected chi connectivity index (χ2v) is 3.16. The lowest BCUT2D eigenvalue weighted by Gasteiger charge is -2.05. The Balaban J connectivity index is 0.000000202. The molecule has 0 heterocycles. The molecule has 0 aliphatic heterocycles. The summed E-state index contributed by atoms with van der Waals surface area (Å²) in [5.41, 5.74) is 0. The van der Waals surface area contributed by atoms with Gasteiger partial charge in [0.1, 0.15) is 0 Å². The van der Waals surface area contributed by atoms with Gasteiger partial charge in [-0.05, 0) is 0 Å². The highest BCUT2D eigenvalue weighted by Gasteiger charge is 1.95. The van der Waals surface area contributed by atoms with Crippen LogP contribution in [0.4, 0.5) is 0 Å². The number of isocyanates is 1. The number of alkyl halides is 1. The molecular formula is C9H16ClNO. The number of rotatable bonds is 2. The molecule has 0 atom stereocenters. The molecule has 1 aliphatic carbocycles. The number of hydrogen-bond donors (Lipinski definition) is 0. The lowest BCUT2D eigenvalue weighted by Crippen LogP contribution is -1.85. The lowest BCUT2D eigenvalue weighted by molar-refractivity contribution is 0.504. The SMILES string of the molecule is C1CCCCC1.O=C=NCCCl. The summed E-state index contributed by atoms with van der Waals surface area (Å²) in [5, 5.41) is 0. The molecule has 0 aromatic heterocycles. The van der Waals surface area contributed by atoms with Crippen LogP contribution in [0.1, 0.15) is 38.5 Å². The van der Waals surface area contributed by atoms with E-state index in [1.807, 2.05) is 0 Å². The van der Waals surface area contributed by atoms with Crippen molar-refractivity contribution < 1.29 is 4.79 Å². The molecule has 0 unspecified atom stereocenters. The number of hydrogen-bond acceptors (Lipinski definition) is 2. The minimum absolute atomic E-state index is 0.380. The second kappa shape index (κ2) is 10.7. The van der Waals surface area contributed by atoms with Gasteiger partial charge in [-0.25, -0.2) is 9.79 Å². The minimum Gasteiger partial charge on any atom is -0.211 e. The lowest BCUT2D eigenvalue weighted by atomic mass is 10.0. The zero-order chi connectivity index (χ0) is 9.07. The average molecular weight is 190 g/mol. The molecular weight excluding hydrogens is 174 g/mol. The van der Waals surface area contributed by atoms with Gasteiger partial charge < -0.3 is 0 Å². The molecule has 2 nitrogen and oxygen atoms in total. The Kier molecular flexibility index (Phi) is 10.4. The molecule has 0 aromatic carbocycles. The van der Waals surface area contributed by atoms with Crippen molar-refractivity contribution in [1.29, 1.82) is 0 Å². The van der Waals surface area contributed by atoms with Crippen LogP contribution in [0, 0.1) is 0 Å². The van der Waals surface area contributed by atoms with E-state index < -0.39 is 0 Å². The van der Waals surface area contributed by atoms with Crippen molar-refractivity contribution in [3.8, 4) is 0 Å². The maximum absolute atomic E-state index is 9.21.